The Balaban J connectivity index is 1.79. The van der Waals surface area contributed by atoms with Crippen LogP contribution in [0.3, 0.4) is 0 Å². The third kappa shape index (κ3) is 2.96. The summed E-state index contributed by atoms with van der Waals surface area (Å²) in [5.41, 5.74) is 0.550. The summed E-state index contributed by atoms with van der Waals surface area (Å²) in [5, 5.41) is -0.184. The van der Waals surface area contributed by atoms with E-state index < -0.39 is 15.1 Å². The molecule has 0 amide bonds. The van der Waals surface area contributed by atoms with Crippen LogP contribution >= 0.6 is 11.6 Å². The van der Waals surface area contributed by atoms with Crippen molar-refractivity contribution in [3.63, 3.8) is 0 Å². The molecular weight excluding hydrogens is 372 g/mol. The van der Waals surface area contributed by atoms with E-state index >= 15 is 0 Å². The molecular formula is C19H25ClN2O3S. The van der Waals surface area contributed by atoms with Crippen molar-refractivity contribution < 1.29 is 12.8 Å². The Kier molecular flexibility index (Phi) is 4.36. The average Bonchev–Trinajstić information content (AvgIpc) is 3.19. The number of aromatic nitrogens is 1. The fourth-order valence-electron chi connectivity index (χ4n) is 4.17. The normalized spacial score (nSPS) is 24.9. The number of benzene rings is 1. The van der Waals surface area contributed by atoms with Gasteiger partial charge in [0.2, 0.25) is 5.89 Å². The van der Waals surface area contributed by atoms with Gasteiger partial charge in [-0.1, -0.05) is 32.4 Å². The van der Waals surface area contributed by atoms with Gasteiger partial charge in [0, 0.05) is 11.5 Å². The van der Waals surface area contributed by atoms with Crippen molar-refractivity contribution in [2.45, 2.75) is 68.1 Å². The van der Waals surface area contributed by atoms with Crippen LogP contribution in [-0.4, -0.2) is 42.7 Å². The zero-order valence-electron chi connectivity index (χ0n) is 15.5. The molecule has 5 nitrogen and oxygen atoms in total. The van der Waals surface area contributed by atoms with Gasteiger partial charge in [-0.15, -0.1) is 0 Å². The van der Waals surface area contributed by atoms with E-state index in [1.165, 1.54) is 0 Å². The van der Waals surface area contributed by atoms with Crippen LogP contribution in [0, 0.1) is 0 Å². The first-order chi connectivity index (χ1) is 12.2. The molecule has 142 valence electrons. The van der Waals surface area contributed by atoms with Crippen LogP contribution < -0.4 is 0 Å². The first-order valence-electron chi connectivity index (χ1n) is 9.25. The second kappa shape index (κ2) is 6.21. The summed E-state index contributed by atoms with van der Waals surface area (Å²) in [6.45, 7) is 7.90. The van der Waals surface area contributed by atoms with Crippen molar-refractivity contribution >= 4 is 32.5 Å². The zero-order chi connectivity index (χ0) is 18.7. The van der Waals surface area contributed by atoms with Crippen LogP contribution in [0.4, 0.5) is 0 Å². The average molecular weight is 397 g/mol. The van der Waals surface area contributed by atoms with Gasteiger partial charge in [0.25, 0.3) is 0 Å². The topological polar surface area (TPSA) is 63.4 Å². The Hall–Kier alpha value is -1.11. The Morgan fingerprint density at radius 3 is 2.73 bits per heavy atom. The summed E-state index contributed by atoms with van der Waals surface area (Å²) in [6, 6.07) is 3.73. The predicted octanol–water partition coefficient (Wildman–Crippen LogP) is 4.18. The van der Waals surface area contributed by atoms with Gasteiger partial charge < -0.3 is 9.32 Å². The molecule has 2 aromatic rings. The maximum Gasteiger partial charge on any atom is 0.200 e. The second-order valence-electron chi connectivity index (χ2n) is 8.52. The van der Waals surface area contributed by atoms with E-state index in [0.29, 0.717) is 35.9 Å². The molecule has 2 fully saturated rings. The van der Waals surface area contributed by atoms with Crippen LogP contribution in [0.5, 0.6) is 0 Å². The van der Waals surface area contributed by atoms with Crippen molar-refractivity contribution in [1.82, 2.24) is 9.88 Å². The van der Waals surface area contributed by atoms with Gasteiger partial charge in [-0.2, -0.15) is 0 Å². The Labute approximate surface area is 159 Å². The minimum absolute atomic E-state index is 0.121. The Morgan fingerprint density at radius 2 is 2.00 bits per heavy atom. The molecule has 0 N–H and O–H groups in total. The van der Waals surface area contributed by atoms with E-state index in [2.05, 4.69) is 9.88 Å². The molecule has 2 saturated heterocycles. The Bertz CT molecular complexity index is 946. The summed E-state index contributed by atoms with van der Waals surface area (Å²) in [4.78, 5) is 7.04. The SMILES string of the molecule is CC(C)(C)c1nc2ccc(Cl)c(S(=O)(=O)C3CCN4CCCC4C3)c2o1. The predicted molar refractivity (Wildman–Crippen MR) is 103 cm³/mol. The van der Waals surface area contributed by atoms with Crippen molar-refractivity contribution in [2.75, 3.05) is 13.1 Å². The summed E-state index contributed by atoms with van der Waals surface area (Å²) in [5.74, 6) is 0.525. The smallest absolute Gasteiger partial charge is 0.200 e. The molecule has 2 unspecified atom stereocenters. The van der Waals surface area contributed by atoms with Crippen LogP contribution in [0.1, 0.15) is 52.3 Å². The fourth-order valence-corrected chi connectivity index (χ4v) is 6.61. The number of nitrogens with zero attached hydrogens (tertiary/aromatic N) is 2. The minimum Gasteiger partial charge on any atom is -0.439 e. The highest BCUT2D eigenvalue weighted by atomic mass is 35.5. The lowest BCUT2D eigenvalue weighted by Gasteiger charge is -2.34. The molecule has 1 aromatic carbocycles. The van der Waals surface area contributed by atoms with Crippen LogP contribution in [-0.2, 0) is 15.3 Å². The second-order valence-corrected chi connectivity index (χ2v) is 11.1. The largest absolute Gasteiger partial charge is 0.439 e. The van der Waals surface area contributed by atoms with Crippen molar-refractivity contribution in [3.8, 4) is 0 Å². The molecule has 7 heteroatoms. The standard InChI is InChI=1S/C19H25ClN2O3S/c1-19(2,3)18-21-15-7-6-14(20)17(16(15)25-18)26(23,24)13-8-10-22-9-4-5-12(22)11-13/h6-7,12-13H,4-5,8-11H2,1-3H3. The monoisotopic (exact) mass is 396 g/mol. The third-order valence-corrected chi connectivity index (χ3v) is 8.31. The highest BCUT2D eigenvalue weighted by Gasteiger charge is 2.40. The highest BCUT2D eigenvalue weighted by molar-refractivity contribution is 7.92. The molecule has 0 saturated carbocycles. The first-order valence-corrected chi connectivity index (χ1v) is 11.2. The van der Waals surface area contributed by atoms with Gasteiger partial charge in [-0.25, -0.2) is 13.4 Å². The van der Waals surface area contributed by atoms with Gasteiger partial charge in [0.15, 0.2) is 15.4 Å². The quantitative estimate of drug-likeness (QED) is 0.761. The number of halogens is 1. The van der Waals surface area contributed by atoms with E-state index in [0.717, 1.165) is 25.9 Å². The molecule has 2 aliphatic heterocycles. The lowest BCUT2D eigenvalue weighted by atomic mass is 9.97. The molecule has 0 radical (unpaired) electrons. The van der Waals surface area contributed by atoms with Crippen LogP contribution in [0.25, 0.3) is 11.1 Å². The van der Waals surface area contributed by atoms with E-state index in [1.807, 2.05) is 20.8 Å². The molecule has 4 rings (SSSR count). The van der Waals surface area contributed by atoms with Crippen molar-refractivity contribution in [2.24, 2.45) is 0 Å². The van der Waals surface area contributed by atoms with E-state index in [-0.39, 0.29) is 15.3 Å². The minimum atomic E-state index is -3.58. The van der Waals surface area contributed by atoms with Gasteiger partial charge in [-0.3, -0.25) is 0 Å². The van der Waals surface area contributed by atoms with Gasteiger partial charge in [0.1, 0.15) is 10.4 Å². The Morgan fingerprint density at radius 1 is 1.23 bits per heavy atom. The van der Waals surface area contributed by atoms with Crippen LogP contribution in [0.15, 0.2) is 21.4 Å². The first kappa shape index (κ1) is 18.3. The summed E-state index contributed by atoms with van der Waals surface area (Å²) < 4.78 is 32.9. The number of oxazole rings is 1. The van der Waals surface area contributed by atoms with Crippen molar-refractivity contribution in [3.05, 3.63) is 23.0 Å². The molecule has 0 aliphatic carbocycles. The summed E-state index contributed by atoms with van der Waals surface area (Å²) >= 11 is 6.36. The van der Waals surface area contributed by atoms with Gasteiger partial charge in [0.05, 0.1) is 10.3 Å². The lowest BCUT2D eigenvalue weighted by Crippen LogP contribution is -2.42. The number of piperidine rings is 1. The van der Waals surface area contributed by atoms with Crippen LogP contribution in [0.2, 0.25) is 5.02 Å². The van der Waals surface area contributed by atoms with E-state index in [1.54, 1.807) is 12.1 Å². The molecule has 1 aromatic heterocycles. The third-order valence-electron chi connectivity index (χ3n) is 5.60. The number of hydrogen-bond acceptors (Lipinski definition) is 5. The fraction of sp³-hybridized carbons (Fsp3) is 0.632. The number of hydrogen-bond donors (Lipinski definition) is 0. The molecule has 0 bridgehead atoms. The summed E-state index contributed by atoms with van der Waals surface area (Å²) in [7, 11) is -3.58. The van der Waals surface area contributed by atoms with E-state index in [4.69, 9.17) is 16.0 Å². The maximum absolute atomic E-state index is 13.5. The maximum atomic E-state index is 13.5. The molecule has 2 atom stereocenters. The molecule has 2 aliphatic rings. The highest BCUT2D eigenvalue weighted by Crippen LogP contribution is 2.39. The number of fused-ring (bicyclic) bond motifs is 2. The van der Waals surface area contributed by atoms with Crippen molar-refractivity contribution in [1.29, 1.82) is 0 Å². The van der Waals surface area contributed by atoms with Gasteiger partial charge in [-0.05, 0) is 50.9 Å². The zero-order valence-corrected chi connectivity index (χ0v) is 17.0. The van der Waals surface area contributed by atoms with Gasteiger partial charge >= 0.3 is 0 Å². The number of rotatable bonds is 2. The summed E-state index contributed by atoms with van der Waals surface area (Å²) in [6.07, 6.45) is 3.56. The molecule has 3 heterocycles. The molecule has 0 spiro atoms. The number of sulfone groups is 1. The lowest BCUT2D eigenvalue weighted by molar-refractivity contribution is 0.199. The molecule has 26 heavy (non-hydrogen) atoms. The van der Waals surface area contributed by atoms with E-state index in [9.17, 15) is 8.42 Å².